The molecule has 0 bridgehead atoms. The van der Waals surface area contributed by atoms with Crippen LogP contribution in [-0.4, -0.2) is 16.1 Å². The number of carbonyl (C=O) groups is 1. The monoisotopic (exact) mass is 381 g/mol. The van der Waals surface area contributed by atoms with Crippen LogP contribution in [0.4, 0.5) is 17.6 Å². The maximum atomic E-state index is 13.7. The Morgan fingerprint density at radius 1 is 1.15 bits per heavy atom. The van der Waals surface area contributed by atoms with Crippen molar-refractivity contribution in [2.24, 2.45) is 0 Å². The van der Waals surface area contributed by atoms with E-state index in [0.29, 0.717) is 21.8 Å². The summed E-state index contributed by atoms with van der Waals surface area (Å²) in [7, 11) is 0. The fourth-order valence-corrected chi connectivity index (χ4v) is 3.23. The lowest BCUT2D eigenvalue weighted by Crippen LogP contribution is -2.04. The molecule has 0 unspecified atom stereocenters. The number of nitrogens with zero attached hydrogens (tertiary/aromatic N) is 1. The van der Waals surface area contributed by atoms with Crippen LogP contribution in [0.15, 0.2) is 47.8 Å². The highest BCUT2D eigenvalue weighted by molar-refractivity contribution is 7.10. The van der Waals surface area contributed by atoms with Gasteiger partial charge in [0.1, 0.15) is 5.82 Å². The van der Waals surface area contributed by atoms with Gasteiger partial charge in [0.25, 0.3) is 0 Å². The maximum absolute atomic E-state index is 13.7. The fraction of sp³-hybridized carbons (Fsp3) is 0.111. The Balaban J connectivity index is 1.83. The van der Waals surface area contributed by atoms with E-state index in [0.717, 1.165) is 18.2 Å². The highest BCUT2D eigenvalue weighted by Gasteiger charge is 2.30. The van der Waals surface area contributed by atoms with Crippen LogP contribution < -0.4 is 0 Å². The third kappa shape index (κ3) is 3.91. The van der Waals surface area contributed by atoms with Gasteiger partial charge in [-0.3, -0.25) is 0 Å². The molecule has 0 saturated carbocycles. The number of hydrogen-bond donors (Lipinski definition) is 1. The standard InChI is InChI=1S/C18H11F4NO2S/c19-14-6-10(4-5-13(14)17(24)25)7-16-23-15(9-26-16)11-2-1-3-12(8-11)18(20,21)22/h1-6,8-9H,7H2,(H,24,25). The van der Waals surface area contributed by atoms with E-state index >= 15 is 0 Å². The maximum Gasteiger partial charge on any atom is 0.416 e. The molecule has 0 spiro atoms. The van der Waals surface area contributed by atoms with E-state index in [2.05, 4.69) is 4.98 Å². The van der Waals surface area contributed by atoms with E-state index in [9.17, 15) is 22.4 Å². The highest BCUT2D eigenvalue weighted by atomic mass is 32.1. The SMILES string of the molecule is O=C(O)c1ccc(Cc2nc(-c3cccc(C(F)(F)F)c3)cs2)cc1F. The van der Waals surface area contributed by atoms with Gasteiger partial charge in [-0.2, -0.15) is 13.2 Å². The van der Waals surface area contributed by atoms with Crippen LogP contribution in [0, 0.1) is 5.82 Å². The van der Waals surface area contributed by atoms with Gasteiger partial charge in [0.05, 0.1) is 21.8 Å². The second kappa shape index (κ2) is 6.87. The van der Waals surface area contributed by atoms with E-state index in [1.165, 1.54) is 35.6 Å². The van der Waals surface area contributed by atoms with Crippen LogP contribution in [0.25, 0.3) is 11.3 Å². The lowest BCUT2D eigenvalue weighted by atomic mass is 10.1. The molecular formula is C18H11F4NO2S. The molecule has 3 aromatic rings. The van der Waals surface area contributed by atoms with Crippen molar-refractivity contribution < 1.29 is 27.5 Å². The molecule has 3 rings (SSSR count). The highest BCUT2D eigenvalue weighted by Crippen LogP contribution is 2.32. The number of halogens is 4. The molecule has 1 aromatic heterocycles. The Bertz CT molecular complexity index is 966. The number of alkyl halides is 3. The third-order valence-corrected chi connectivity index (χ3v) is 4.51. The summed E-state index contributed by atoms with van der Waals surface area (Å²) in [6.45, 7) is 0. The molecule has 0 atom stereocenters. The summed E-state index contributed by atoms with van der Waals surface area (Å²) in [4.78, 5) is 15.1. The number of benzene rings is 2. The molecule has 8 heteroatoms. The van der Waals surface area contributed by atoms with Crippen LogP contribution in [0.2, 0.25) is 0 Å². The number of hydrogen-bond acceptors (Lipinski definition) is 3. The number of carboxylic acid groups (broad SMARTS) is 1. The van der Waals surface area contributed by atoms with Crippen LogP contribution in [-0.2, 0) is 12.6 Å². The lowest BCUT2D eigenvalue weighted by Gasteiger charge is -2.07. The zero-order valence-electron chi connectivity index (χ0n) is 13.0. The van der Waals surface area contributed by atoms with Crippen molar-refractivity contribution in [1.82, 2.24) is 4.98 Å². The molecule has 0 fully saturated rings. The van der Waals surface area contributed by atoms with Crippen LogP contribution in [0.1, 0.15) is 26.5 Å². The third-order valence-electron chi connectivity index (χ3n) is 3.66. The first-order valence-corrected chi connectivity index (χ1v) is 8.26. The average molecular weight is 381 g/mol. The minimum Gasteiger partial charge on any atom is -0.478 e. The van der Waals surface area contributed by atoms with Crippen LogP contribution in [0.5, 0.6) is 0 Å². The van der Waals surface area contributed by atoms with Crippen molar-refractivity contribution in [1.29, 1.82) is 0 Å². The summed E-state index contributed by atoms with van der Waals surface area (Å²) >= 11 is 1.24. The first-order chi connectivity index (χ1) is 12.2. The summed E-state index contributed by atoms with van der Waals surface area (Å²) in [5.41, 5.74) is 0.0966. The second-order valence-electron chi connectivity index (χ2n) is 5.50. The van der Waals surface area contributed by atoms with E-state index < -0.39 is 29.1 Å². The van der Waals surface area contributed by atoms with Crippen molar-refractivity contribution in [2.75, 3.05) is 0 Å². The lowest BCUT2D eigenvalue weighted by molar-refractivity contribution is -0.137. The van der Waals surface area contributed by atoms with Crippen molar-refractivity contribution in [3.63, 3.8) is 0 Å². The van der Waals surface area contributed by atoms with Crippen molar-refractivity contribution in [3.05, 3.63) is 75.4 Å². The fourth-order valence-electron chi connectivity index (χ4n) is 2.40. The predicted octanol–water partition coefficient (Wildman–Crippen LogP) is 5.26. The van der Waals surface area contributed by atoms with Crippen LogP contribution >= 0.6 is 11.3 Å². The summed E-state index contributed by atoms with van der Waals surface area (Å²) in [6.07, 6.45) is -4.18. The topological polar surface area (TPSA) is 50.2 Å². The molecule has 0 aliphatic rings. The summed E-state index contributed by atoms with van der Waals surface area (Å²) in [5.74, 6) is -2.19. The number of carboxylic acids is 1. The van der Waals surface area contributed by atoms with Gasteiger partial charge in [-0.05, 0) is 29.8 Å². The Kier molecular flexibility index (Phi) is 4.78. The molecule has 0 amide bonds. The van der Waals surface area contributed by atoms with Gasteiger partial charge in [-0.15, -0.1) is 11.3 Å². The quantitative estimate of drug-likeness (QED) is 0.628. The summed E-state index contributed by atoms with van der Waals surface area (Å²) in [5, 5.41) is 11.0. The molecule has 0 saturated heterocycles. The zero-order chi connectivity index (χ0) is 18.9. The number of thiazole rings is 1. The molecule has 3 nitrogen and oxygen atoms in total. The first kappa shape index (κ1) is 18.1. The molecule has 1 heterocycles. The van der Waals surface area contributed by atoms with Gasteiger partial charge < -0.3 is 5.11 Å². The van der Waals surface area contributed by atoms with Crippen molar-refractivity contribution in [2.45, 2.75) is 12.6 Å². The van der Waals surface area contributed by atoms with E-state index in [-0.39, 0.29) is 6.42 Å². The molecule has 1 N–H and O–H groups in total. The molecule has 0 aliphatic carbocycles. The molecule has 0 aliphatic heterocycles. The largest absolute Gasteiger partial charge is 0.478 e. The van der Waals surface area contributed by atoms with Gasteiger partial charge in [0.15, 0.2) is 0 Å². The normalized spacial score (nSPS) is 11.5. The molecule has 0 radical (unpaired) electrons. The molecule has 2 aromatic carbocycles. The molecule has 26 heavy (non-hydrogen) atoms. The zero-order valence-corrected chi connectivity index (χ0v) is 13.9. The van der Waals surface area contributed by atoms with Crippen LogP contribution in [0.3, 0.4) is 0 Å². The minimum atomic E-state index is -4.43. The summed E-state index contributed by atoms with van der Waals surface area (Å²) in [6, 6.07) is 8.65. The number of rotatable bonds is 4. The van der Waals surface area contributed by atoms with E-state index in [4.69, 9.17) is 5.11 Å². The van der Waals surface area contributed by atoms with Gasteiger partial charge in [0.2, 0.25) is 0 Å². The second-order valence-corrected chi connectivity index (χ2v) is 6.44. The average Bonchev–Trinajstić information content (AvgIpc) is 3.02. The van der Waals surface area contributed by atoms with Crippen molar-refractivity contribution in [3.8, 4) is 11.3 Å². The minimum absolute atomic E-state index is 0.250. The first-order valence-electron chi connectivity index (χ1n) is 7.38. The smallest absolute Gasteiger partial charge is 0.416 e. The van der Waals surface area contributed by atoms with E-state index in [1.807, 2.05) is 0 Å². The van der Waals surface area contributed by atoms with Crippen molar-refractivity contribution >= 4 is 17.3 Å². The summed E-state index contributed by atoms with van der Waals surface area (Å²) < 4.78 is 52.2. The Hall–Kier alpha value is -2.74. The Morgan fingerprint density at radius 2 is 1.92 bits per heavy atom. The molecular weight excluding hydrogens is 370 g/mol. The van der Waals surface area contributed by atoms with Gasteiger partial charge in [-0.1, -0.05) is 18.2 Å². The van der Waals surface area contributed by atoms with Gasteiger partial charge in [0, 0.05) is 17.4 Å². The van der Waals surface area contributed by atoms with Gasteiger partial charge >= 0.3 is 12.1 Å². The molecule has 134 valence electrons. The van der Waals surface area contributed by atoms with E-state index in [1.54, 1.807) is 5.38 Å². The Labute approximate surface area is 149 Å². The predicted molar refractivity (Wildman–Crippen MR) is 88.7 cm³/mol. The Morgan fingerprint density at radius 3 is 2.58 bits per heavy atom. The number of aromatic carboxylic acids is 1. The number of aromatic nitrogens is 1. The van der Waals surface area contributed by atoms with Gasteiger partial charge in [-0.25, -0.2) is 14.2 Å².